The number of carbonyl (C=O) groups excluding carboxylic acids is 1. The van der Waals surface area contributed by atoms with E-state index in [2.05, 4.69) is 17.0 Å². The predicted octanol–water partition coefficient (Wildman–Crippen LogP) is 1.25. The van der Waals surface area contributed by atoms with Crippen molar-refractivity contribution in [3.05, 3.63) is 0 Å². The second kappa shape index (κ2) is 4.64. The van der Waals surface area contributed by atoms with Crippen molar-refractivity contribution in [1.82, 2.24) is 5.32 Å². The molecule has 0 aliphatic heterocycles. The third kappa shape index (κ3) is 2.61. The lowest BCUT2D eigenvalue weighted by Crippen LogP contribution is -2.55. The molecule has 1 saturated carbocycles. The van der Waals surface area contributed by atoms with E-state index in [9.17, 15) is 4.79 Å². The third-order valence-corrected chi connectivity index (χ3v) is 3.17. The molecule has 0 aromatic carbocycles. The van der Waals surface area contributed by atoms with Crippen molar-refractivity contribution in [2.45, 2.75) is 38.1 Å². The highest BCUT2D eigenvalue weighted by molar-refractivity contribution is 5.68. The van der Waals surface area contributed by atoms with Gasteiger partial charge in [0.05, 0.1) is 12.6 Å². The first-order valence-corrected chi connectivity index (χ1v) is 5.18. The van der Waals surface area contributed by atoms with Crippen molar-refractivity contribution in [1.29, 1.82) is 0 Å². The maximum Gasteiger partial charge on any atom is 0.407 e. The number of carbonyl (C=O) groups is 1. The van der Waals surface area contributed by atoms with Gasteiger partial charge in [-0.3, -0.25) is 0 Å². The maximum atomic E-state index is 11.1. The molecule has 1 aliphatic rings. The summed E-state index contributed by atoms with van der Waals surface area (Å²) < 4.78 is 4.60. The summed E-state index contributed by atoms with van der Waals surface area (Å²) in [5, 5.41) is 2.87. The lowest BCUT2D eigenvalue weighted by molar-refractivity contribution is 0.138. The Morgan fingerprint density at radius 3 is 2.57 bits per heavy atom. The summed E-state index contributed by atoms with van der Waals surface area (Å²) in [7, 11) is 1.38. The lowest BCUT2D eigenvalue weighted by atomic mass is 9.77. The summed E-state index contributed by atoms with van der Waals surface area (Å²) in [5.41, 5.74) is 5.49. The molecule has 0 heterocycles. The standard InChI is InChI=1S/C10H20N2O2/c1-8-3-5-10(7-11,6-4-8)12-9(13)14-2/h8H,3-7,11H2,1-2H3,(H,12,13). The van der Waals surface area contributed by atoms with E-state index >= 15 is 0 Å². The fraction of sp³-hybridized carbons (Fsp3) is 0.900. The molecule has 0 saturated heterocycles. The molecule has 0 atom stereocenters. The number of methoxy groups -OCH3 is 1. The van der Waals surface area contributed by atoms with Gasteiger partial charge in [-0.25, -0.2) is 4.79 Å². The van der Waals surface area contributed by atoms with Gasteiger partial charge < -0.3 is 15.8 Å². The molecular formula is C10H20N2O2. The van der Waals surface area contributed by atoms with Gasteiger partial charge >= 0.3 is 6.09 Å². The second-order valence-electron chi connectivity index (χ2n) is 4.28. The van der Waals surface area contributed by atoms with Gasteiger partial charge in [0.15, 0.2) is 0 Å². The van der Waals surface area contributed by atoms with E-state index in [-0.39, 0.29) is 11.6 Å². The smallest absolute Gasteiger partial charge is 0.407 e. The SMILES string of the molecule is COC(=O)NC1(CN)CCC(C)CC1. The van der Waals surface area contributed by atoms with E-state index in [4.69, 9.17) is 5.73 Å². The van der Waals surface area contributed by atoms with E-state index < -0.39 is 0 Å². The number of nitrogens with two attached hydrogens (primary N) is 1. The first-order valence-electron chi connectivity index (χ1n) is 5.18. The summed E-state index contributed by atoms with van der Waals surface area (Å²) in [4.78, 5) is 11.1. The van der Waals surface area contributed by atoms with Crippen LogP contribution in [0.1, 0.15) is 32.6 Å². The van der Waals surface area contributed by atoms with Crippen LogP contribution in [0.4, 0.5) is 4.79 Å². The van der Waals surface area contributed by atoms with E-state index in [1.807, 2.05) is 0 Å². The van der Waals surface area contributed by atoms with Gasteiger partial charge in [-0.05, 0) is 31.6 Å². The van der Waals surface area contributed by atoms with Gasteiger partial charge in [-0.1, -0.05) is 6.92 Å². The average molecular weight is 200 g/mol. The van der Waals surface area contributed by atoms with E-state index in [1.54, 1.807) is 0 Å². The van der Waals surface area contributed by atoms with Crippen LogP contribution in [0, 0.1) is 5.92 Å². The molecule has 0 spiro atoms. The van der Waals surface area contributed by atoms with Crippen molar-refractivity contribution < 1.29 is 9.53 Å². The van der Waals surface area contributed by atoms with Gasteiger partial charge in [-0.15, -0.1) is 0 Å². The zero-order valence-corrected chi connectivity index (χ0v) is 9.01. The molecule has 1 fully saturated rings. The van der Waals surface area contributed by atoms with Crippen LogP contribution >= 0.6 is 0 Å². The lowest BCUT2D eigenvalue weighted by Gasteiger charge is -2.38. The van der Waals surface area contributed by atoms with Crippen molar-refractivity contribution >= 4 is 6.09 Å². The zero-order chi connectivity index (χ0) is 10.6. The number of hydrogen-bond acceptors (Lipinski definition) is 3. The van der Waals surface area contributed by atoms with E-state index in [0.29, 0.717) is 6.54 Å². The molecule has 82 valence electrons. The molecule has 4 nitrogen and oxygen atoms in total. The van der Waals surface area contributed by atoms with Gasteiger partial charge in [0.1, 0.15) is 0 Å². The van der Waals surface area contributed by atoms with Crippen LogP contribution in [0.25, 0.3) is 0 Å². The molecule has 3 N–H and O–H groups in total. The number of nitrogens with one attached hydrogen (secondary N) is 1. The first-order chi connectivity index (χ1) is 6.62. The predicted molar refractivity (Wildman–Crippen MR) is 55.0 cm³/mol. The Morgan fingerprint density at radius 2 is 2.14 bits per heavy atom. The summed E-state index contributed by atoms with van der Waals surface area (Å²) in [5.74, 6) is 0.745. The topological polar surface area (TPSA) is 64.3 Å². The van der Waals surface area contributed by atoms with Gasteiger partial charge in [-0.2, -0.15) is 0 Å². The Labute approximate surface area is 85.2 Å². The summed E-state index contributed by atoms with van der Waals surface area (Å²) >= 11 is 0. The molecule has 0 bridgehead atoms. The minimum absolute atomic E-state index is 0.223. The largest absolute Gasteiger partial charge is 0.453 e. The summed E-state index contributed by atoms with van der Waals surface area (Å²) in [6.07, 6.45) is 3.80. The van der Waals surface area contributed by atoms with Crippen molar-refractivity contribution in [3.63, 3.8) is 0 Å². The Balaban J connectivity index is 2.54. The number of alkyl carbamates (subject to hydrolysis) is 1. The molecule has 1 amide bonds. The monoisotopic (exact) mass is 200 g/mol. The summed E-state index contributed by atoms with van der Waals surface area (Å²) in [6, 6.07) is 0. The average Bonchev–Trinajstić information content (AvgIpc) is 2.22. The van der Waals surface area contributed by atoms with Crippen LogP contribution in [0.2, 0.25) is 0 Å². The highest BCUT2D eigenvalue weighted by atomic mass is 16.5. The quantitative estimate of drug-likeness (QED) is 0.705. The van der Waals surface area contributed by atoms with Gasteiger partial charge in [0.2, 0.25) is 0 Å². The molecule has 1 rings (SSSR count). The van der Waals surface area contributed by atoms with Crippen LogP contribution in [0.3, 0.4) is 0 Å². The Bertz CT molecular complexity index is 198. The van der Waals surface area contributed by atoms with Crippen molar-refractivity contribution in [3.8, 4) is 0 Å². The highest BCUT2D eigenvalue weighted by Gasteiger charge is 2.34. The molecule has 0 aromatic rings. The molecule has 4 heteroatoms. The Kier molecular flexibility index (Phi) is 3.75. The summed E-state index contributed by atoms with van der Waals surface area (Å²) in [6.45, 7) is 2.73. The number of hydrogen-bond donors (Lipinski definition) is 2. The van der Waals surface area contributed by atoms with Crippen LogP contribution in [0.5, 0.6) is 0 Å². The third-order valence-electron chi connectivity index (χ3n) is 3.17. The van der Waals surface area contributed by atoms with Crippen LogP contribution in [0.15, 0.2) is 0 Å². The second-order valence-corrected chi connectivity index (χ2v) is 4.28. The van der Waals surface area contributed by atoms with Crippen molar-refractivity contribution in [2.24, 2.45) is 11.7 Å². The minimum Gasteiger partial charge on any atom is -0.453 e. The van der Waals surface area contributed by atoms with Crippen LogP contribution in [-0.4, -0.2) is 25.3 Å². The molecule has 0 unspecified atom stereocenters. The fourth-order valence-electron chi connectivity index (χ4n) is 1.96. The molecule has 1 aliphatic carbocycles. The molecule has 0 radical (unpaired) electrons. The normalized spacial score (nSPS) is 32.4. The highest BCUT2D eigenvalue weighted by Crippen LogP contribution is 2.31. The van der Waals surface area contributed by atoms with Crippen molar-refractivity contribution in [2.75, 3.05) is 13.7 Å². The number of amides is 1. The fourth-order valence-corrected chi connectivity index (χ4v) is 1.96. The van der Waals surface area contributed by atoms with E-state index in [0.717, 1.165) is 31.6 Å². The Morgan fingerprint density at radius 1 is 1.57 bits per heavy atom. The van der Waals surface area contributed by atoms with Crippen LogP contribution < -0.4 is 11.1 Å². The number of ether oxygens (including phenoxy) is 1. The van der Waals surface area contributed by atoms with Gasteiger partial charge in [0, 0.05) is 6.54 Å². The van der Waals surface area contributed by atoms with E-state index in [1.165, 1.54) is 7.11 Å². The maximum absolute atomic E-state index is 11.1. The van der Waals surface area contributed by atoms with Gasteiger partial charge in [0.25, 0.3) is 0 Å². The first kappa shape index (κ1) is 11.3. The van der Waals surface area contributed by atoms with Crippen LogP contribution in [-0.2, 0) is 4.74 Å². The minimum atomic E-state index is -0.370. The number of rotatable bonds is 2. The molecule has 0 aromatic heterocycles. The Hall–Kier alpha value is -0.770. The molecular weight excluding hydrogens is 180 g/mol. The molecule has 14 heavy (non-hydrogen) atoms. The zero-order valence-electron chi connectivity index (χ0n) is 9.01.